The maximum absolute atomic E-state index is 12.9. The fourth-order valence-electron chi connectivity index (χ4n) is 4.24. The number of halogens is 3. The molecule has 5 rings (SSSR count). The third-order valence-corrected chi connectivity index (χ3v) is 6.29. The van der Waals surface area contributed by atoms with Crippen LogP contribution in [-0.4, -0.2) is 58.6 Å². The fraction of sp³-hybridized carbons (Fsp3) is 0.222. The predicted octanol–water partition coefficient (Wildman–Crippen LogP) is 5.62. The van der Waals surface area contributed by atoms with E-state index in [4.69, 9.17) is 16.1 Å². The summed E-state index contributed by atoms with van der Waals surface area (Å²) in [6.45, 7) is 0.206. The molecule has 7 nitrogen and oxygen atoms in total. The summed E-state index contributed by atoms with van der Waals surface area (Å²) >= 11 is 6.07. The van der Waals surface area contributed by atoms with Gasteiger partial charge in [-0.2, -0.15) is 13.8 Å². The van der Waals surface area contributed by atoms with Crippen molar-refractivity contribution in [2.24, 2.45) is 0 Å². The topological polar surface area (TPSA) is 71.7 Å². The van der Waals surface area contributed by atoms with Gasteiger partial charge in [0.15, 0.2) is 0 Å². The molecule has 4 aromatic rings. The van der Waals surface area contributed by atoms with E-state index in [1.807, 2.05) is 36.4 Å². The van der Waals surface area contributed by atoms with Gasteiger partial charge in [0.2, 0.25) is 5.82 Å². The summed E-state index contributed by atoms with van der Waals surface area (Å²) in [5, 5.41) is 4.72. The van der Waals surface area contributed by atoms with Crippen molar-refractivity contribution in [2.45, 2.75) is 13.2 Å². The van der Waals surface area contributed by atoms with E-state index in [-0.39, 0.29) is 11.7 Å². The zero-order valence-corrected chi connectivity index (χ0v) is 20.4. The molecule has 1 saturated heterocycles. The summed E-state index contributed by atoms with van der Waals surface area (Å²) in [6.07, 6.45) is 0. The lowest BCUT2D eigenvalue weighted by Gasteiger charge is -2.35. The molecule has 3 aromatic carbocycles. The summed E-state index contributed by atoms with van der Waals surface area (Å²) in [6, 6.07) is 21.1. The number of carbonyl (C=O) groups is 1. The lowest BCUT2D eigenvalue weighted by Crippen LogP contribution is -2.48. The highest BCUT2D eigenvalue weighted by molar-refractivity contribution is 6.30. The fourth-order valence-corrected chi connectivity index (χ4v) is 4.43. The molecule has 1 aliphatic heterocycles. The van der Waals surface area contributed by atoms with Crippen LogP contribution in [-0.2, 0) is 6.54 Å². The number of piperazine rings is 1. The van der Waals surface area contributed by atoms with Gasteiger partial charge in [0.1, 0.15) is 5.75 Å². The van der Waals surface area contributed by atoms with E-state index < -0.39 is 6.61 Å². The second-order valence-electron chi connectivity index (χ2n) is 8.61. The van der Waals surface area contributed by atoms with Crippen molar-refractivity contribution in [3.63, 3.8) is 0 Å². The molecule has 1 aliphatic rings. The molecule has 0 radical (unpaired) electrons. The van der Waals surface area contributed by atoms with Crippen LogP contribution >= 0.6 is 11.6 Å². The van der Waals surface area contributed by atoms with Crippen LogP contribution in [0.25, 0.3) is 22.8 Å². The number of hydrogen-bond acceptors (Lipinski definition) is 6. The molecule has 0 unspecified atom stereocenters. The average molecular weight is 525 g/mol. The molecular weight excluding hydrogens is 502 g/mol. The van der Waals surface area contributed by atoms with Gasteiger partial charge in [-0.15, -0.1) is 0 Å². The minimum Gasteiger partial charge on any atom is -0.435 e. The highest BCUT2D eigenvalue weighted by Crippen LogP contribution is 2.25. The molecular formula is C27H23ClF2N4O3. The van der Waals surface area contributed by atoms with E-state index in [9.17, 15) is 13.6 Å². The van der Waals surface area contributed by atoms with Crippen LogP contribution in [0.3, 0.4) is 0 Å². The van der Waals surface area contributed by atoms with Gasteiger partial charge in [0.05, 0.1) is 0 Å². The van der Waals surface area contributed by atoms with Crippen LogP contribution in [0, 0.1) is 0 Å². The number of nitrogens with zero attached hydrogens (tertiary/aromatic N) is 4. The minimum atomic E-state index is -2.93. The van der Waals surface area contributed by atoms with Gasteiger partial charge in [-0.1, -0.05) is 47.1 Å². The number of aromatic nitrogens is 2. The molecule has 37 heavy (non-hydrogen) atoms. The molecule has 0 N–H and O–H groups in total. The number of rotatable bonds is 7. The standard InChI is InChI=1S/C27H23ClF2N4O3/c28-22-8-2-6-20(15-22)25-31-24(32-37-25)19-5-1-4-18(14-19)17-33-10-12-34(13-11-33)26(35)21-7-3-9-23(16-21)36-27(29)30/h1-9,14-16,27H,10-13,17H2. The van der Waals surface area contributed by atoms with E-state index in [0.717, 1.165) is 16.7 Å². The third-order valence-electron chi connectivity index (χ3n) is 6.05. The summed E-state index contributed by atoms with van der Waals surface area (Å²) in [5.41, 5.74) is 3.01. The molecule has 1 fully saturated rings. The number of amides is 1. The van der Waals surface area contributed by atoms with Gasteiger partial charge in [-0.3, -0.25) is 9.69 Å². The van der Waals surface area contributed by atoms with Crippen LogP contribution < -0.4 is 4.74 Å². The Balaban J connectivity index is 1.19. The minimum absolute atomic E-state index is 0.0272. The Morgan fingerprint density at radius 2 is 1.73 bits per heavy atom. The van der Waals surface area contributed by atoms with Gasteiger partial charge in [0.25, 0.3) is 11.8 Å². The Kier molecular flexibility index (Phi) is 7.43. The highest BCUT2D eigenvalue weighted by atomic mass is 35.5. The number of carbonyl (C=O) groups excluding carboxylic acids is 1. The quantitative estimate of drug-likeness (QED) is 0.313. The van der Waals surface area contributed by atoms with Gasteiger partial charge in [0, 0.05) is 54.4 Å². The molecule has 10 heteroatoms. The Morgan fingerprint density at radius 1 is 0.973 bits per heavy atom. The predicted molar refractivity (Wildman–Crippen MR) is 134 cm³/mol. The number of hydrogen-bond donors (Lipinski definition) is 0. The van der Waals surface area contributed by atoms with Crippen LogP contribution in [0.5, 0.6) is 5.75 Å². The highest BCUT2D eigenvalue weighted by Gasteiger charge is 2.23. The van der Waals surface area contributed by atoms with E-state index in [2.05, 4.69) is 19.8 Å². The third kappa shape index (κ3) is 6.12. The average Bonchev–Trinajstić information content (AvgIpc) is 3.39. The molecule has 0 saturated carbocycles. The van der Waals surface area contributed by atoms with Crippen LogP contribution in [0.15, 0.2) is 77.3 Å². The van der Waals surface area contributed by atoms with Crippen molar-refractivity contribution < 1.29 is 22.8 Å². The van der Waals surface area contributed by atoms with Crippen molar-refractivity contribution in [3.05, 3.63) is 88.9 Å². The molecule has 0 aliphatic carbocycles. The number of benzene rings is 3. The van der Waals surface area contributed by atoms with Gasteiger partial charge in [-0.25, -0.2) is 0 Å². The van der Waals surface area contributed by atoms with Crippen molar-refractivity contribution in [1.82, 2.24) is 19.9 Å². The van der Waals surface area contributed by atoms with Crippen LogP contribution in [0.1, 0.15) is 15.9 Å². The Bertz CT molecular complexity index is 1390. The van der Waals surface area contributed by atoms with Crippen molar-refractivity contribution in [1.29, 1.82) is 0 Å². The first-order valence-corrected chi connectivity index (χ1v) is 12.1. The van der Waals surface area contributed by atoms with Crippen molar-refractivity contribution in [2.75, 3.05) is 26.2 Å². The van der Waals surface area contributed by atoms with Crippen molar-refractivity contribution >= 4 is 17.5 Å². The molecule has 0 atom stereocenters. The molecule has 0 bridgehead atoms. The van der Waals surface area contributed by atoms with Gasteiger partial charge < -0.3 is 14.2 Å². The van der Waals surface area contributed by atoms with Crippen molar-refractivity contribution in [3.8, 4) is 28.6 Å². The second kappa shape index (κ2) is 11.1. The van der Waals surface area contributed by atoms with E-state index in [1.54, 1.807) is 23.1 Å². The summed E-state index contributed by atoms with van der Waals surface area (Å²) in [5.74, 6) is 0.662. The zero-order chi connectivity index (χ0) is 25.8. The first-order valence-electron chi connectivity index (χ1n) is 11.7. The monoisotopic (exact) mass is 524 g/mol. The maximum Gasteiger partial charge on any atom is 0.387 e. The zero-order valence-electron chi connectivity index (χ0n) is 19.7. The molecule has 0 spiro atoms. The number of alkyl halides is 2. The number of ether oxygens (including phenoxy) is 1. The van der Waals surface area contributed by atoms with Crippen LogP contribution in [0.4, 0.5) is 8.78 Å². The molecule has 1 amide bonds. The van der Waals surface area contributed by atoms with E-state index >= 15 is 0 Å². The Labute approximate surface area is 217 Å². The second-order valence-corrected chi connectivity index (χ2v) is 9.04. The van der Waals surface area contributed by atoms with Crippen LogP contribution in [0.2, 0.25) is 5.02 Å². The molecule has 190 valence electrons. The normalized spacial score (nSPS) is 14.2. The Hall–Kier alpha value is -3.82. The SMILES string of the molecule is O=C(c1cccc(OC(F)F)c1)N1CCN(Cc2cccc(-c3noc(-c4cccc(Cl)c4)n3)c2)CC1. The largest absolute Gasteiger partial charge is 0.435 e. The molecule has 2 heterocycles. The lowest BCUT2D eigenvalue weighted by atomic mass is 10.1. The maximum atomic E-state index is 12.9. The van der Waals surface area contributed by atoms with E-state index in [1.165, 1.54) is 18.2 Å². The summed E-state index contributed by atoms with van der Waals surface area (Å²) < 4.78 is 34.8. The first kappa shape index (κ1) is 24.9. The van der Waals surface area contributed by atoms with Gasteiger partial charge >= 0.3 is 6.61 Å². The van der Waals surface area contributed by atoms with E-state index in [0.29, 0.717) is 55.0 Å². The summed E-state index contributed by atoms with van der Waals surface area (Å²) in [7, 11) is 0. The summed E-state index contributed by atoms with van der Waals surface area (Å²) in [4.78, 5) is 21.4. The lowest BCUT2D eigenvalue weighted by molar-refractivity contribution is -0.0499. The first-order chi connectivity index (χ1) is 17.9. The Morgan fingerprint density at radius 3 is 2.51 bits per heavy atom. The molecule has 1 aromatic heterocycles. The van der Waals surface area contributed by atoms with Gasteiger partial charge in [-0.05, 0) is 48.0 Å². The smallest absolute Gasteiger partial charge is 0.387 e.